The van der Waals surface area contributed by atoms with Crippen LogP contribution in [0.3, 0.4) is 0 Å². The van der Waals surface area contributed by atoms with E-state index in [2.05, 4.69) is 4.98 Å². The molecule has 0 aliphatic carbocycles. The van der Waals surface area contributed by atoms with E-state index >= 15 is 0 Å². The summed E-state index contributed by atoms with van der Waals surface area (Å²) < 4.78 is 0.545. The summed E-state index contributed by atoms with van der Waals surface area (Å²) in [6.07, 6.45) is 1.78. The molecule has 1 aliphatic heterocycles. The first-order chi connectivity index (χ1) is 11.5. The molecule has 0 spiro atoms. The Kier molecular flexibility index (Phi) is 4.59. The second kappa shape index (κ2) is 6.67. The molecular weight excluding hydrogens is 340 g/mol. The fourth-order valence-electron chi connectivity index (χ4n) is 2.25. The molecule has 0 bridgehead atoms. The summed E-state index contributed by atoms with van der Waals surface area (Å²) >= 11 is 6.38. The Morgan fingerprint density at radius 2 is 1.92 bits per heavy atom. The van der Waals surface area contributed by atoms with Crippen LogP contribution in [0.5, 0.6) is 0 Å². The number of pyridine rings is 1. The van der Waals surface area contributed by atoms with Crippen LogP contribution >= 0.6 is 24.0 Å². The summed E-state index contributed by atoms with van der Waals surface area (Å²) in [4.78, 5) is 30.7. The molecule has 4 nitrogen and oxygen atoms in total. The standard InChI is InChI=1S/C18H14N2O2S2/c1-11-4-3-5-14(19-11)16(21)13-8-6-12(7-9-13)10-15-17(22)20(2)18(23)24-15/h3-10H,1-2H3/b15-10+. The first-order valence-corrected chi connectivity index (χ1v) is 8.48. The van der Waals surface area contributed by atoms with Crippen molar-refractivity contribution in [1.29, 1.82) is 0 Å². The van der Waals surface area contributed by atoms with Crippen LogP contribution in [0.25, 0.3) is 6.08 Å². The van der Waals surface area contributed by atoms with Gasteiger partial charge in [-0.25, -0.2) is 4.98 Å². The average Bonchev–Trinajstić information content (AvgIpc) is 2.82. The molecular formula is C18H14N2O2S2. The molecule has 2 heterocycles. The van der Waals surface area contributed by atoms with Gasteiger partial charge in [0, 0.05) is 18.3 Å². The average molecular weight is 354 g/mol. The van der Waals surface area contributed by atoms with Crippen LogP contribution in [-0.4, -0.2) is 32.9 Å². The van der Waals surface area contributed by atoms with Gasteiger partial charge in [-0.05, 0) is 30.7 Å². The number of thioether (sulfide) groups is 1. The van der Waals surface area contributed by atoms with Gasteiger partial charge in [-0.3, -0.25) is 14.5 Å². The van der Waals surface area contributed by atoms with E-state index in [1.54, 1.807) is 31.3 Å². The summed E-state index contributed by atoms with van der Waals surface area (Å²) in [5.74, 6) is -0.223. The van der Waals surface area contributed by atoms with E-state index in [-0.39, 0.29) is 11.7 Å². The quantitative estimate of drug-likeness (QED) is 0.480. The van der Waals surface area contributed by atoms with Gasteiger partial charge in [0.05, 0.1) is 4.91 Å². The number of benzene rings is 1. The highest BCUT2D eigenvalue weighted by atomic mass is 32.2. The van der Waals surface area contributed by atoms with Crippen molar-refractivity contribution < 1.29 is 9.59 Å². The molecule has 1 aromatic carbocycles. The zero-order valence-corrected chi connectivity index (χ0v) is 14.8. The normalized spacial score (nSPS) is 16.1. The lowest BCUT2D eigenvalue weighted by molar-refractivity contribution is -0.121. The highest BCUT2D eigenvalue weighted by Gasteiger charge is 2.28. The zero-order chi connectivity index (χ0) is 17.3. The minimum Gasteiger partial charge on any atom is -0.296 e. The number of thiocarbonyl (C=S) groups is 1. The molecule has 1 aromatic heterocycles. The minimum absolute atomic E-state index is 0.103. The molecule has 0 unspecified atom stereocenters. The molecule has 1 fully saturated rings. The fraction of sp³-hybridized carbons (Fsp3) is 0.111. The van der Waals surface area contributed by atoms with Gasteiger partial charge in [0.1, 0.15) is 10.0 Å². The Labute approximate surface area is 149 Å². The van der Waals surface area contributed by atoms with Crippen molar-refractivity contribution in [3.05, 3.63) is 69.9 Å². The molecule has 24 heavy (non-hydrogen) atoms. The van der Waals surface area contributed by atoms with E-state index < -0.39 is 0 Å². The van der Waals surface area contributed by atoms with Crippen molar-refractivity contribution in [3.8, 4) is 0 Å². The molecule has 1 aliphatic rings. The van der Waals surface area contributed by atoms with Gasteiger partial charge in [0.2, 0.25) is 5.78 Å². The van der Waals surface area contributed by atoms with Crippen molar-refractivity contribution in [2.24, 2.45) is 0 Å². The third-order valence-corrected chi connectivity index (χ3v) is 5.06. The monoisotopic (exact) mass is 354 g/mol. The first-order valence-electron chi connectivity index (χ1n) is 7.25. The van der Waals surface area contributed by atoms with Crippen LogP contribution in [0.1, 0.15) is 27.3 Å². The Bertz CT molecular complexity index is 873. The summed E-state index contributed by atoms with van der Waals surface area (Å²) in [6, 6.07) is 12.5. The number of aryl methyl sites for hydroxylation is 1. The molecule has 6 heteroatoms. The molecule has 0 saturated carbocycles. The lowest BCUT2D eigenvalue weighted by atomic mass is 10.0. The molecule has 120 valence electrons. The third kappa shape index (κ3) is 3.29. The van der Waals surface area contributed by atoms with E-state index in [4.69, 9.17) is 12.2 Å². The van der Waals surface area contributed by atoms with Crippen LogP contribution in [0.4, 0.5) is 0 Å². The minimum atomic E-state index is -0.120. The lowest BCUT2D eigenvalue weighted by Gasteiger charge is -2.04. The Morgan fingerprint density at radius 1 is 1.21 bits per heavy atom. The maximum atomic E-state index is 12.4. The molecule has 0 radical (unpaired) electrons. The van der Waals surface area contributed by atoms with Gasteiger partial charge in [0.15, 0.2) is 0 Å². The molecule has 1 amide bonds. The lowest BCUT2D eigenvalue weighted by Crippen LogP contribution is -2.22. The van der Waals surface area contributed by atoms with Gasteiger partial charge >= 0.3 is 0 Å². The predicted octanol–water partition coefficient (Wildman–Crippen LogP) is 3.45. The second-order valence-electron chi connectivity index (χ2n) is 5.36. The molecule has 2 aromatic rings. The van der Waals surface area contributed by atoms with E-state index in [0.717, 1.165) is 11.3 Å². The van der Waals surface area contributed by atoms with Gasteiger partial charge in [0.25, 0.3) is 5.91 Å². The SMILES string of the molecule is Cc1cccc(C(=O)c2ccc(/C=C3/SC(=S)N(C)C3=O)cc2)n1. The zero-order valence-electron chi connectivity index (χ0n) is 13.1. The first kappa shape index (κ1) is 16.5. The van der Waals surface area contributed by atoms with Crippen molar-refractivity contribution in [2.75, 3.05) is 7.05 Å². The molecule has 0 N–H and O–H groups in total. The summed E-state index contributed by atoms with van der Waals surface area (Å²) in [7, 11) is 1.66. The number of rotatable bonds is 3. The fourth-order valence-corrected chi connectivity index (χ4v) is 3.42. The van der Waals surface area contributed by atoms with E-state index in [9.17, 15) is 9.59 Å². The maximum absolute atomic E-state index is 12.4. The predicted molar refractivity (Wildman–Crippen MR) is 99.8 cm³/mol. The molecule has 1 saturated heterocycles. The van der Waals surface area contributed by atoms with Crippen LogP contribution in [0, 0.1) is 6.92 Å². The van der Waals surface area contributed by atoms with Crippen molar-refractivity contribution in [1.82, 2.24) is 9.88 Å². The summed E-state index contributed by atoms with van der Waals surface area (Å²) in [5, 5.41) is 0. The van der Waals surface area contributed by atoms with E-state index in [0.29, 0.717) is 20.5 Å². The Morgan fingerprint density at radius 3 is 2.50 bits per heavy atom. The number of aromatic nitrogens is 1. The second-order valence-corrected chi connectivity index (χ2v) is 7.03. The maximum Gasteiger partial charge on any atom is 0.265 e. The topological polar surface area (TPSA) is 50.3 Å². The van der Waals surface area contributed by atoms with Crippen molar-refractivity contribution in [3.63, 3.8) is 0 Å². The number of amides is 1. The third-order valence-electron chi connectivity index (χ3n) is 3.58. The number of hydrogen-bond donors (Lipinski definition) is 0. The number of carbonyl (C=O) groups is 2. The van der Waals surface area contributed by atoms with Crippen LogP contribution < -0.4 is 0 Å². The number of hydrogen-bond acceptors (Lipinski definition) is 5. The smallest absolute Gasteiger partial charge is 0.265 e. The number of likely N-dealkylation sites (N-methyl/N-ethyl adjacent to an activating group) is 1. The molecule has 3 rings (SSSR count). The van der Waals surface area contributed by atoms with Gasteiger partial charge in [-0.2, -0.15) is 0 Å². The highest BCUT2D eigenvalue weighted by molar-refractivity contribution is 8.26. The van der Waals surface area contributed by atoms with Crippen molar-refractivity contribution >= 4 is 46.1 Å². The van der Waals surface area contributed by atoms with Gasteiger partial charge < -0.3 is 0 Å². The highest BCUT2D eigenvalue weighted by Crippen LogP contribution is 2.31. The van der Waals surface area contributed by atoms with Gasteiger partial charge in [-0.1, -0.05) is 54.3 Å². The van der Waals surface area contributed by atoms with Crippen LogP contribution in [-0.2, 0) is 4.79 Å². The largest absolute Gasteiger partial charge is 0.296 e. The van der Waals surface area contributed by atoms with Crippen LogP contribution in [0.2, 0.25) is 0 Å². The number of carbonyl (C=O) groups excluding carboxylic acids is 2. The van der Waals surface area contributed by atoms with E-state index in [1.165, 1.54) is 16.7 Å². The number of ketones is 1. The summed E-state index contributed by atoms with van der Waals surface area (Å²) in [5.41, 5.74) is 2.64. The van der Waals surface area contributed by atoms with Crippen molar-refractivity contribution in [2.45, 2.75) is 6.92 Å². The van der Waals surface area contributed by atoms with E-state index in [1.807, 2.05) is 31.2 Å². The Balaban J connectivity index is 1.83. The number of nitrogens with zero attached hydrogens (tertiary/aromatic N) is 2. The summed E-state index contributed by atoms with van der Waals surface area (Å²) in [6.45, 7) is 1.85. The van der Waals surface area contributed by atoms with Gasteiger partial charge in [-0.15, -0.1) is 0 Å². The Hall–Kier alpha value is -2.31. The van der Waals surface area contributed by atoms with Crippen LogP contribution in [0.15, 0.2) is 47.4 Å². The molecule has 0 atom stereocenters.